The van der Waals surface area contributed by atoms with Gasteiger partial charge in [0.1, 0.15) is 17.2 Å². The Bertz CT molecular complexity index is 2040. The number of aliphatic hydroxyl groups is 2. The van der Waals surface area contributed by atoms with Gasteiger partial charge in [-0.1, -0.05) is 67.3 Å². The summed E-state index contributed by atoms with van der Waals surface area (Å²) in [4.78, 5) is 23.6. The van der Waals surface area contributed by atoms with Crippen molar-refractivity contribution in [1.82, 2.24) is 0 Å². The Morgan fingerprint density at radius 2 is 1.03 bits per heavy atom. The van der Waals surface area contributed by atoms with Crippen LogP contribution in [0.2, 0.25) is 0 Å². The summed E-state index contributed by atoms with van der Waals surface area (Å²) < 4.78 is 36.0. The average Bonchev–Trinajstić information content (AvgIpc) is 3.24. The van der Waals surface area contributed by atoms with Crippen molar-refractivity contribution in [2.75, 3.05) is 54.9 Å². The van der Waals surface area contributed by atoms with Crippen LogP contribution in [0.3, 0.4) is 0 Å². The maximum absolute atomic E-state index is 11.8. The lowest BCUT2D eigenvalue weighted by Crippen LogP contribution is -2.30. The second-order valence-corrected chi connectivity index (χ2v) is 15.5. The molecule has 3 aromatic carbocycles. The van der Waals surface area contributed by atoms with Gasteiger partial charge in [0.2, 0.25) is 0 Å². The maximum atomic E-state index is 11.8. The minimum atomic E-state index is -0.442. The Balaban J connectivity index is 1.73. The van der Waals surface area contributed by atoms with Crippen molar-refractivity contribution < 1.29 is 48.2 Å². The van der Waals surface area contributed by atoms with Crippen LogP contribution in [0.5, 0.6) is 17.2 Å². The number of fused-ring (bicyclic) bond motifs is 8. The summed E-state index contributed by atoms with van der Waals surface area (Å²) in [6, 6.07) is 13.1. The molecule has 8 bridgehead atoms. The molecule has 0 aliphatic heterocycles. The van der Waals surface area contributed by atoms with Gasteiger partial charge < -0.3 is 38.6 Å². The average molecular weight is 823 g/mol. The number of ether oxygens (including phenoxy) is 6. The molecule has 0 spiro atoms. The van der Waals surface area contributed by atoms with Crippen LogP contribution in [0.25, 0.3) is 0 Å². The van der Waals surface area contributed by atoms with E-state index in [0.29, 0.717) is 77.0 Å². The van der Waals surface area contributed by atoms with Crippen LogP contribution in [-0.4, -0.2) is 83.1 Å². The van der Waals surface area contributed by atoms with Gasteiger partial charge in [0.15, 0.2) is 0 Å². The van der Waals surface area contributed by atoms with Crippen molar-refractivity contribution in [3.05, 3.63) is 135 Å². The van der Waals surface area contributed by atoms with E-state index >= 15 is 0 Å². The molecule has 2 atom stereocenters. The Morgan fingerprint density at radius 1 is 0.617 bits per heavy atom. The molecule has 10 heteroatoms. The molecule has 60 heavy (non-hydrogen) atoms. The first-order valence-electron chi connectivity index (χ1n) is 21.0. The van der Waals surface area contributed by atoms with E-state index < -0.39 is 11.9 Å². The molecule has 0 radical (unpaired) electrons. The molecule has 5 rings (SSSR count). The molecule has 322 valence electrons. The number of hydrogen-bond donors (Lipinski definition) is 2. The summed E-state index contributed by atoms with van der Waals surface area (Å²) in [6.07, 6.45) is 14.1. The Kier molecular flexibility index (Phi) is 17.6. The van der Waals surface area contributed by atoms with Gasteiger partial charge in [-0.3, -0.25) is 0 Å². The van der Waals surface area contributed by atoms with Gasteiger partial charge in [0.25, 0.3) is 0 Å². The standard InChI is InChI=1S/C50H62O10/c1-7-45(53)59-19-11-15-35-25-41-29-37-21-33(13-9-17-51)23-39(47(37)55-3)31-43-27-36(16-12-20-60-46(54)8-2)28-44(50(43)58-6)32-40-24-34(14-10-18-52)22-38(48(40)56-4)30-42(26-35)49(41)57-5/h7-8,21-28,41,49,51-52H,1-2,9-20,29-32H2,3-6H3. The predicted molar refractivity (Wildman–Crippen MR) is 233 cm³/mol. The van der Waals surface area contributed by atoms with E-state index in [1.165, 1.54) is 12.2 Å². The van der Waals surface area contributed by atoms with Crippen LogP contribution >= 0.6 is 0 Å². The Hall–Kier alpha value is -5.16. The highest BCUT2D eigenvalue weighted by atomic mass is 16.5. The molecule has 2 N–H and O–H groups in total. The fourth-order valence-electron chi connectivity index (χ4n) is 8.78. The quantitative estimate of drug-likeness (QED) is 0.0671. The summed E-state index contributed by atoms with van der Waals surface area (Å²) in [7, 11) is 6.91. The van der Waals surface area contributed by atoms with Gasteiger partial charge in [-0.25, -0.2) is 9.59 Å². The van der Waals surface area contributed by atoms with Crippen LogP contribution < -0.4 is 14.2 Å². The van der Waals surface area contributed by atoms with Gasteiger partial charge in [-0.05, 0) is 120 Å². The summed E-state index contributed by atoms with van der Waals surface area (Å²) in [5.41, 5.74) is 11.6. The van der Waals surface area contributed by atoms with Crippen molar-refractivity contribution in [2.45, 2.75) is 83.2 Å². The molecule has 2 aliphatic rings. The molecule has 0 saturated heterocycles. The molecular weight excluding hydrogens is 761 g/mol. The van der Waals surface area contributed by atoms with Gasteiger partial charge in [0.05, 0.1) is 40.6 Å². The van der Waals surface area contributed by atoms with Gasteiger partial charge in [0, 0.05) is 51.2 Å². The van der Waals surface area contributed by atoms with Crippen molar-refractivity contribution in [3.63, 3.8) is 0 Å². The lowest BCUT2D eigenvalue weighted by atomic mass is 9.79. The van der Waals surface area contributed by atoms with Crippen LogP contribution in [0.4, 0.5) is 0 Å². The van der Waals surface area contributed by atoms with Crippen LogP contribution in [0, 0.1) is 5.92 Å². The minimum Gasteiger partial charge on any atom is -0.496 e. The third kappa shape index (κ3) is 12.0. The van der Waals surface area contributed by atoms with Crippen molar-refractivity contribution in [3.8, 4) is 17.2 Å². The van der Waals surface area contributed by atoms with E-state index in [1.807, 2.05) is 0 Å². The van der Waals surface area contributed by atoms with Crippen molar-refractivity contribution in [2.24, 2.45) is 5.92 Å². The Morgan fingerprint density at radius 3 is 1.47 bits per heavy atom. The number of methoxy groups -OCH3 is 4. The van der Waals surface area contributed by atoms with Crippen molar-refractivity contribution in [1.29, 1.82) is 0 Å². The number of carbonyl (C=O) groups is 2. The molecule has 0 heterocycles. The van der Waals surface area contributed by atoms with E-state index in [2.05, 4.69) is 61.7 Å². The summed E-state index contributed by atoms with van der Waals surface area (Å²) >= 11 is 0. The highest BCUT2D eigenvalue weighted by molar-refractivity contribution is 5.81. The number of esters is 2. The number of benzene rings is 3. The topological polar surface area (TPSA) is 130 Å². The summed E-state index contributed by atoms with van der Waals surface area (Å²) in [6.45, 7) is 7.75. The van der Waals surface area contributed by atoms with E-state index in [0.717, 1.165) is 78.5 Å². The minimum absolute atomic E-state index is 0.0637. The fraction of sp³-hybridized carbons (Fsp3) is 0.440. The molecule has 0 saturated carbocycles. The lowest BCUT2D eigenvalue weighted by molar-refractivity contribution is -0.138. The monoisotopic (exact) mass is 822 g/mol. The summed E-state index contributed by atoms with van der Waals surface area (Å²) in [5.74, 6) is 1.43. The second kappa shape index (κ2) is 23.0. The molecule has 0 aromatic heterocycles. The maximum Gasteiger partial charge on any atom is 0.330 e. The first-order valence-corrected chi connectivity index (χ1v) is 21.0. The lowest BCUT2D eigenvalue weighted by Gasteiger charge is -2.32. The molecule has 10 nitrogen and oxygen atoms in total. The first-order chi connectivity index (χ1) is 29.2. The number of allylic oxidation sites excluding steroid dienone is 2. The van der Waals surface area contributed by atoms with Gasteiger partial charge in [-0.2, -0.15) is 0 Å². The molecule has 0 fully saturated rings. The second-order valence-electron chi connectivity index (χ2n) is 15.5. The first kappa shape index (κ1) is 45.9. The Labute approximate surface area is 355 Å². The van der Waals surface area contributed by atoms with E-state index in [-0.39, 0.29) is 38.4 Å². The fourth-order valence-corrected chi connectivity index (χ4v) is 8.78. The zero-order chi connectivity index (χ0) is 43.0. The number of carbonyl (C=O) groups excluding carboxylic acids is 2. The number of aryl methyl sites for hydroxylation is 3. The normalized spacial score (nSPS) is 15.9. The number of rotatable bonds is 20. The van der Waals surface area contributed by atoms with Crippen LogP contribution in [0.1, 0.15) is 82.2 Å². The SMILES string of the molecule is C=CC(=O)OCCCC1=CC2Cc3cc(CCCO)cc(c3OC)Cc3cc(CCCOC(=O)C=C)cc(c3OC)Cc3cc(CCCO)cc(c3OC)CC(=C1)C2OC. The highest BCUT2D eigenvalue weighted by Crippen LogP contribution is 2.41. The van der Waals surface area contributed by atoms with E-state index in [4.69, 9.17) is 28.4 Å². The molecule has 3 aromatic rings. The van der Waals surface area contributed by atoms with E-state index in [9.17, 15) is 19.8 Å². The molecular formula is C50H62O10. The summed E-state index contributed by atoms with van der Waals surface area (Å²) in [5, 5.41) is 19.7. The molecule has 0 amide bonds. The highest BCUT2D eigenvalue weighted by Gasteiger charge is 2.31. The third-order valence-electron chi connectivity index (χ3n) is 11.2. The van der Waals surface area contributed by atoms with Gasteiger partial charge in [-0.15, -0.1) is 0 Å². The van der Waals surface area contributed by atoms with Crippen molar-refractivity contribution >= 4 is 11.9 Å². The van der Waals surface area contributed by atoms with Crippen LogP contribution in [-0.2, 0) is 68.7 Å². The largest absolute Gasteiger partial charge is 0.496 e. The predicted octanol–water partition coefficient (Wildman–Crippen LogP) is 7.51. The van der Waals surface area contributed by atoms with Crippen LogP contribution in [0.15, 0.2) is 85.0 Å². The zero-order valence-corrected chi connectivity index (χ0v) is 35.8. The smallest absolute Gasteiger partial charge is 0.330 e. The number of hydrogen-bond acceptors (Lipinski definition) is 10. The zero-order valence-electron chi connectivity index (χ0n) is 35.8. The molecule has 2 unspecified atom stereocenters. The third-order valence-corrected chi connectivity index (χ3v) is 11.2. The van der Waals surface area contributed by atoms with E-state index in [1.54, 1.807) is 28.4 Å². The van der Waals surface area contributed by atoms with Gasteiger partial charge >= 0.3 is 11.9 Å². The molecule has 2 aliphatic carbocycles. The number of aliphatic hydroxyl groups excluding tert-OH is 2.